The minimum Gasteiger partial charge on any atom is -0.387 e. The summed E-state index contributed by atoms with van der Waals surface area (Å²) in [7, 11) is 1.97. The van der Waals surface area contributed by atoms with Crippen LogP contribution in [0.1, 0.15) is 19.8 Å². The van der Waals surface area contributed by atoms with Crippen LogP contribution in [0.4, 0.5) is 0 Å². The number of amides is 1. The van der Waals surface area contributed by atoms with Gasteiger partial charge in [0, 0.05) is 18.3 Å². The Morgan fingerprint density at radius 3 is 2.75 bits per heavy atom. The maximum Gasteiger partial charge on any atom is 0.234 e. The third-order valence-corrected chi connectivity index (χ3v) is 3.60. The van der Waals surface area contributed by atoms with Gasteiger partial charge >= 0.3 is 0 Å². The molecule has 2 N–H and O–H groups in total. The zero-order chi connectivity index (χ0) is 12.2. The van der Waals surface area contributed by atoms with Gasteiger partial charge in [-0.15, -0.1) is 0 Å². The summed E-state index contributed by atoms with van der Waals surface area (Å²) in [5.74, 6) is 0.627. The maximum absolute atomic E-state index is 11.6. The Bertz CT molecular complexity index is 242. The van der Waals surface area contributed by atoms with Gasteiger partial charge in [0.1, 0.15) is 0 Å². The summed E-state index contributed by atoms with van der Waals surface area (Å²) in [6, 6.07) is 0.595. The van der Waals surface area contributed by atoms with Gasteiger partial charge in [0.2, 0.25) is 5.91 Å². The van der Waals surface area contributed by atoms with Gasteiger partial charge in [-0.05, 0) is 33.1 Å². The topological polar surface area (TPSA) is 52.6 Å². The number of carbonyl (C=O) groups is 1. The van der Waals surface area contributed by atoms with Gasteiger partial charge < -0.3 is 10.4 Å². The lowest BCUT2D eigenvalue weighted by Gasteiger charge is -2.23. The summed E-state index contributed by atoms with van der Waals surface area (Å²) < 4.78 is 0. The lowest BCUT2D eigenvalue weighted by atomic mass is 10.1. The molecule has 0 aromatic heterocycles. The summed E-state index contributed by atoms with van der Waals surface area (Å²) in [6.45, 7) is 2.50. The van der Waals surface area contributed by atoms with E-state index in [1.165, 1.54) is 12.8 Å². The molecule has 0 spiro atoms. The van der Waals surface area contributed by atoms with Crippen molar-refractivity contribution < 1.29 is 9.90 Å². The monoisotopic (exact) mass is 246 g/mol. The number of hydrogen-bond donors (Lipinski definition) is 2. The van der Waals surface area contributed by atoms with Crippen LogP contribution in [0.15, 0.2) is 0 Å². The van der Waals surface area contributed by atoms with Crippen molar-refractivity contribution in [2.75, 3.05) is 32.1 Å². The molecule has 1 fully saturated rings. The first kappa shape index (κ1) is 13.8. The van der Waals surface area contributed by atoms with E-state index in [-0.39, 0.29) is 5.91 Å². The van der Waals surface area contributed by atoms with Crippen LogP contribution >= 0.6 is 11.8 Å². The number of nitrogens with zero attached hydrogens (tertiary/aromatic N) is 1. The highest BCUT2D eigenvalue weighted by atomic mass is 32.2. The predicted octanol–water partition coefficient (Wildman–Crippen LogP) is 0.311. The van der Waals surface area contributed by atoms with Gasteiger partial charge in [-0.3, -0.25) is 9.69 Å². The van der Waals surface area contributed by atoms with Crippen LogP contribution in [0.2, 0.25) is 0 Å². The molecule has 5 heteroatoms. The standard InChI is InChI=1S/C11H22N2O2S/c1-11(15,8-16-3)7-12-10(14)6-13(2)9-4-5-9/h9,15H,4-8H2,1-3H3,(H,12,14)/t11-/m0/s1. The van der Waals surface area contributed by atoms with Gasteiger partial charge in [0.05, 0.1) is 12.1 Å². The van der Waals surface area contributed by atoms with Crippen LogP contribution in [0, 0.1) is 0 Å². The maximum atomic E-state index is 11.6. The van der Waals surface area contributed by atoms with Crippen molar-refractivity contribution in [3.05, 3.63) is 0 Å². The second-order valence-corrected chi connectivity index (χ2v) is 5.72. The van der Waals surface area contributed by atoms with Crippen molar-refractivity contribution in [2.45, 2.75) is 31.4 Å². The molecule has 0 aliphatic heterocycles. The van der Waals surface area contributed by atoms with E-state index in [4.69, 9.17) is 0 Å². The van der Waals surface area contributed by atoms with E-state index in [1.807, 2.05) is 13.3 Å². The first-order valence-electron chi connectivity index (χ1n) is 5.63. The van der Waals surface area contributed by atoms with E-state index in [1.54, 1.807) is 18.7 Å². The van der Waals surface area contributed by atoms with Crippen LogP contribution in [-0.2, 0) is 4.79 Å². The number of thioether (sulfide) groups is 1. The van der Waals surface area contributed by atoms with Crippen LogP contribution < -0.4 is 5.32 Å². The van der Waals surface area contributed by atoms with E-state index in [0.29, 0.717) is 24.9 Å². The molecular formula is C11H22N2O2S. The lowest BCUT2D eigenvalue weighted by molar-refractivity contribution is -0.123. The fourth-order valence-corrected chi connectivity index (χ4v) is 2.30. The van der Waals surface area contributed by atoms with Crippen LogP contribution in [0.5, 0.6) is 0 Å². The Kier molecular flexibility index (Phi) is 5.08. The average Bonchev–Trinajstić information content (AvgIpc) is 2.98. The van der Waals surface area contributed by atoms with Crippen LogP contribution in [-0.4, -0.2) is 59.7 Å². The summed E-state index contributed by atoms with van der Waals surface area (Å²) in [5, 5.41) is 12.6. The Hall–Kier alpha value is -0.260. The Labute approximate surface area is 102 Å². The van der Waals surface area contributed by atoms with E-state index >= 15 is 0 Å². The molecule has 16 heavy (non-hydrogen) atoms. The second kappa shape index (κ2) is 5.89. The average molecular weight is 246 g/mol. The zero-order valence-electron chi connectivity index (χ0n) is 10.3. The summed E-state index contributed by atoms with van der Waals surface area (Å²) >= 11 is 1.58. The largest absolute Gasteiger partial charge is 0.387 e. The fraction of sp³-hybridized carbons (Fsp3) is 0.909. The molecule has 4 nitrogen and oxygen atoms in total. The van der Waals surface area contributed by atoms with Crippen LogP contribution in [0.3, 0.4) is 0 Å². The summed E-state index contributed by atoms with van der Waals surface area (Å²) in [5.41, 5.74) is -0.812. The quantitative estimate of drug-likeness (QED) is 0.679. The van der Waals surface area contributed by atoms with Crippen molar-refractivity contribution in [1.82, 2.24) is 10.2 Å². The molecule has 0 aromatic rings. The molecule has 94 valence electrons. The van der Waals surface area contributed by atoms with Crippen molar-refractivity contribution in [3.63, 3.8) is 0 Å². The van der Waals surface area contributed by atoms with E-state index < -0.39 is 5.60 Å². The van der Waals surface area contributed by atoms with Crippen molar-refractivity contribution >= 4 is 17.7 Å². The SMILES string of the molecule is CSC[C@@](C)(O)CNC(=O)CN(C)C1CC1. The molecule has 0 bridgehead atoms. The highest BCUT2D eigenvalue weighted by Crippen LogP contribution is 2.24. The van der Waals surface area contributed by atoms with Crippen LogP contribution in [0.25, 0.3) is 0 Å². The molecule has 1 rings (SSSR count). The minimum atomic E-state index is -0.812. The van der Waals surface area contributed by atoms with E-state index in [9.17, 15) is 9.90 Å². The molecular weight excluding hydrogens is 224 g/mol. The fourth-order valence-electron chi connectivity index (χ4n) is 1.58. The molecule has 0 aromatic carbocycles. The van der Waals surface area contributed by atoms with Crippen molar-refractivity contribution in [2.24, 2.45) is 0 Å². The molecule has 0 radical (unpaired) electrons. The summed E-state index contributed by atoms with van der Waals surface area (Å²) in [4.78, 5) is 13.6. The molecule has 1 saturated carbocycles. The van der Waals surface area contributed by atoms with E-state index in [2.05, 4.69) is 10.2 Å². The van der Waals surface area contributed by atoms with Crippen molar-refractivity contribution in [3.8, 4) is 0 Å². The third kappa shape index (κ3) is 5.18. The minimum absolute atomic E-state index is 0.00391. The molecule has 1 aliphatic carbocycles. The van der Waals surface area contributed by atoms with E-state index in [0.717, 1.165) is 0 Å². The molecule has 1 amide bonds. The smallest absolute Gasteiger partial charge is 0.234 e. The molecule has 0 unspecified atom stereocenters. The molecule has 1 atom stereocenters. The highest BCUT2D eigenvalue weighted by molar-refractivity contribution is 7.98. The van der Waals surface area contributed by atoms with Crippen molar-refractivity contribution in [1.29, 1.82) is 0 Å². The lowest BCUT2D eigenvalue weighted by Crippen LogP contribution is -2.45. The van der Waals surface area contributed by atoms with Gasteiger partial charge in [0.15, 0.2) is 0 Å². The first-order valence-corrected chi connectivity index (χ1v) is 7.02. The van der Waals surface area contributed by atoms with Gasteiger partial charge in [-0.2, -0.15) is 11.8 Å². The number of hydrogen-bond acceptors (Lipinski definition) is 4. The number of aliphatic hydroxyl groups is 1. The zero-order valence-corrected chi connectivity index (χ0v) is 11.1. The third-order valence-electron chi connectivity index (χ3n) is 2.68. The highest BCUT2D eigenvalue weighted by Gasteiger charge is 2.27. The number of nitrogens with one attached hydrogen (secondary N) is 1. The molecule has 0 heterocycles. The Morgan fingerprint density at radius 2 is 2.25 bits per heavy atom. The Balaban J connectivity index is 2.18. The number of rotatable bonds is 7. The second-order valence-electron chi connectivity index (χ2n) is 4.85. The van der Waals surface area contributed by atoms with Gasteiger partial charge in [0.25, 0.3) is 0 Å². The molecule has 0 saturated heterocycles. The first-order chi connectivity index (χ1) is 7.44. The normalized spacial score (nSPS) is 19.6. The number of likely N-dealkylation sites (N-methyl/N-ethyl adjacent to an activating group) is 1. The Morgan fingerprint density at radius 1 is 1.62 bits per heavy atom. The molecule has 1 aliphatic rings. The number of carbonyl (C=O) groups excluding carboxylic acids is 1. The van der Waals surface area contributed by atoms with Gasteiger partial charge in [-0.1, -0.05) is 0 Å². The van der Waals surface area contributed by atoms with Gasteiger partial charge in [-0.25, -0.2) is 0 Å². The summed E-state index contributed by atoms with van der Waals surface area (Å²) in [6.07, 6.45) is 4.35. The predicted molar refractivity (Wildman–Crippen MR) is 67.7 cm³/mol.